The van der Waals surface area contributed by atoms with E-state index in [2.05, 4.69) is 0 Å². The number of carbonyl (C=O) groups excluding carboxylic acids is 1. The number of hydrogen-bond acceptors (Lipinski definition) is 2. The van der Waals surface area contributed by atoms with Gasteiger partial charge >= 0.3 is 0 Å². The summed E-state index contributed by atoms with van der Waals surface area (Å²) in [7, 11) is 0. The second-order valence-electron chi connectivity index (χ2n) is 4.65. The number of benzene rings is 2. The van der Waals surface area contributed by atoms with Crippen LogP contribution in [0.25, 0.3) is 0 Å². The predicted molar refractivity (Wildman–Crippen MR) is 74.9 cm³/mol. The number of carbonyl (C=O) groups is 1. The maximum Gasteiger partial charge on any atom is 0.171 e. The van der Waals surface area contributed by atoms with Gasteiger partial charge in [0.05, 0.1) is 12.0 Å². The summed E-state index contributed by atoms with van der Waals surface area (Å²) in [4.78, 5) is 12.6. The largest absolute Gasteiger partial charge is 0.293 e. The minimum absolute atomic E-state index is 0.0821. The van der Waals surface area contributed by atoms with E-state index in [0.29, 0.717) is 5.56 Å². The molecule has 0 amide bonds. The van der Waals surface area contributed by atoms with Gasteiger partial charge in [-0.2, -0.15) is 5.26 Å². The molecule has 0 aliphatic carbocycles. The van der Waals surface area contributed by atoms with Gasteiger partial charge in [-0.1, -0.05) is 36.4 Å². The van der Waals surface area contributed by atoms with Crippen molar-refractivity contribution in [2.24, 2.45) is 0 Å². The molecule has 2 aromatic rings. The summed E-state index contributed by atoms with van der Waals surface area (Å²) in [5, 5.41) is 8.94. The first-order valence-corrected chi connectivity index (χ1v) is 6.35. The number of aryl methyl sites for hydroxylation is 1. The molecule has 0 aliphatic heterocycles. The topological polar surface area (TPSA) is 40.9 Å². The Bertz CT molecular complexity index is 658. The van der Waals surface area contributed by atoms with Crippen LogP contribution in [0.3, 0.4) is 0 Å². The van der Waals surface area contributed by atoms with Crippen molar-refractivity contribution >= 4 is 5.78 Å². The molecule has 0 N–H and O–H groups in total. The monoisotopic (exact) mass is 267 g/mol. The van der Waals surface area contributed by atoms with Crippen LogP contribution in [0.2, 0.25) is 0 Å². The van der Waals surface area contributed by atoms with Crippen LogP contribution in [0.1, 0.15) is 33.8 Å². The maximum absolute atomic E-state index is 13.3. The first-order chi connectivity index (χ1) is 9.63. The Kier molecular flexibility index (Phi) is 4.27. The molecule has 0 spiro atoms. The van der Waals surface area contributed by atoms with E-state index in [0.717, 1.165) is 11.1 Å². The molecule has 0 saturated carbocycles. The third-order valence-corrected chi connectivity index (χ3v) is 3.28. The summed E-state index contributed by atoms with van der Waals surface area (Å²) in [6.07, 6.45) is 0.0821. The van der Waals surface area contributed by atoms with Crippen LogP contribution < -0.4 is 0 Å². The van der Waals surface area contributed by atoms with Gasteiger partial charge in [-0.3, -0.25) is 4.79 Å². The van der Waals surface area contributed by atoms with Gasteiger partial charge < -0.3 is 0 Å². The molecule has 2 aromatic carbocycles. The van der Waals surface area contributed by atoms with Crippen LogP contribution in [0.4, 0.5) is 4.39 Å². The fraction of sp³-hybridized carbons (Fsp3) is 0.176. The first kappa shape index (κ1) is 14.0. The number of halogens is 1. The molecule has 20 heavy (non-hydrogen) atoms. The molecular weight excluding hydrogens is 253 g/mol. The third-order valence-electron chi connectivity index (χ3n) is 3.28. The van der Waals surface area contributed by atoms with Gasteiger partial charge in [-0.25, -0.2) is 4.39 Å². The van der Waals surface area contributed by atoms with E-state index in [4.69, 9.17) is 5.26 Å². The highest BCUT2D eigenvalue weighted by Crippen LogP contribution is 2.26. The van der Waals surface area contributed by atoms with Gasteiger partial charge in [0.2, 0.25) is 0 Å². The van der Waals surface area contributed by atoms with E-state index in [1.165, 1.54) is 12.1 Å². The van der Waals surface area contributed by atoms with E-state index < -0.39 is 11.7 Å². The van der Waals surface area contributed by atoms with Crippen LogP contribution in [-0.4, -0.2) is 5.78 Å². The SMILES string of the molecule is Cc1ccc(F)cc1C(=O)C(CC#N)c1ccccc1. The fourth-order valence-electron chi connectivity index (χ4n) is 2.19. The van der Waals surface area contributed by atoms with Crippen LogP contribution >= 0.6 is 0 Å². The second kappa shape index (κ2) is 6.12. The lowest BCUT2D eigenvalue weighted by atomic mass is 9.87. The molecule has 3 heteroatoms. The number of rotatable bonds is 4. The Labute approximate surface area is 117 Å². The van der Waals surface area contributed by atoms with Crippen molar-refractivity contribution in [2.45, 2.75) is 19.3 Å². The molecule has 0 aliphatic rings. The number of nitrogens with zero attached hydrogens (tertiary/aromatic N) is 1. The molecule has 1 unspecified atom stereocenters. The molecule has 0 aromatic heterocycles. The van der Waals surface area contributed by atoms with Gasteiger partial charge in [0.25, 0.3) is 0 Å². The summed E-state index contributed by atoms with van der Waals surface area (Å²) in [6.45, 7) is 1.76. The standard InChI is InChI=1S/C17H14FNO/c1-12-7-8-14(18)11-16(12)17(20)15(9-10-19)13-5-3-2-4-6-13/h2-8,11,15H,9H2,1H3. The van der Waals surface area contributed by atoms with Gasteiger partial charge in [0, 0.05) is 12.0 Å². The highest BCUT2D eigenvalue weighted by molar-refractivity contribution is 6.02. The Morgan fingerprint density at radius 2 is 1.95 bits per heavy atom. The minimum atomic E-state index is -0.554. The summed E-state index contributed by atoms with van der Waals surface area (Å²) in [5.74, 6) is -1.21. The Hall–Kier alpha value is -2.47. The molecule has 0 bridgehead atoms. The van der Waals surface area contributed by atoms with Crippen molar-refractivity contribution < 1.29 is 9.18 Å². The van der Waals surface area contributed by atoms with Gasteiger partial charge in [0.1, 0.15) is 5.82 Å². The van der Waals surface area contributed by atoms with Gasteiger partial charge in [-0.15, -0.1) is 0 Å². The highest BCUT2D eigenvalue weighted by atomic mass is 19.1. The van der Waals surface area contributed by atoms with E-state index in [9.17, 15) is 9.18 Å². The predicted octanol–water partition coefficient (Wildman–Crippen LogP) is 4.01. The summed E-state index contributed by atoms with van der Waals surface area (Å²) in [5.41, 5.74) is 1.84. The Morgan fingerprint density at radius 1 is 1.25 bits per heavy atom. The molecule has 2 nitrogen and oxygen atoms in total. The first-order valence-electron chi connectivity index (χ1n) is 6.35. The molecule has 0 heterocycles. The molecule has 100 valence electrons. The molecule has 2 rings (SSSR count). The maximum atomic E-state index is 13.3. The van der Waals surface area contributed by atoms with Crippen molar-refractivity contribution in [1.82, 2.24) is 0 Å². The van der Waals surface area contributed by atoms with E-state index in [-0.39, 0.29) is 12.2 Å². The fourth-order valence-corrected chi connectivity index (χ4v) is 2.19. The number of Topliss-reactive ketones (excluding diaryl/α,β-unsaturated/α-hetero) is 1. The Morgan fingerprint density at radius 3 is 2.60 bits per heavy atom. The zero-order valence-corrected chi connectivity index (χ0v) is 11.1. The highest BCUT2D eigenvalue weighted by Gasteiger charge is 2.23. The van der Waals surface area contributed by atoms with Crippen molar-refractivity contribution in [2.75, 3.05) is 0 Å². The van der Waals surface area contributed by atoms with E-state index in [1.807, 2.05) is 36.4 Å². The lowest BCUT2D eigenvalue weighted by Gasteiger charge is -2.14. The molecule has 1 atom stereocenters. The van der Waals surface area contributed by atoms with Crippen LogP contribution in [0, 0.1) is 24.1 Å². The number of hydrogen-bond donors (Lipinski definition) is 0. The van der Waals surface area contributed by atoms with Gasteiger partial charge in [0.15, 0.2) is 5.78 Å². The van der Waals surface area contributed by atoms with Crippen molar-refractivity contribution in [3.63, 3.8) is 0 Å². The van der Waals surface area contributed by atoms with Crippen molar-refractivity contribution in [3.8, 4) is 6.07 Å². The van der Waals surface area contributed by atoms with Crippen molar-refractivity contribution in [1.29, 1.82) is 5.26 Å². The quantitative estimate of drug-likeness (QED) is 0.785. The van der Waals surface area contributed by atoms with Crippen molar-refractivity contribution in [3.05, 3.63) is 71.0 Å². The number of ketones is 1. The summed E-state index contributed by atoms with van der Waals surface area (Å²) >= 11 is 0. The minimum Gasteiger partial charge on any atom is -0.293 e. The molecular formula is C17H14FNO. The lowest BCUT2D eigenvalue weighted by Crippen LogP contribution is -2.14. The average molecular weight is 267 g/mol. The zero-order chi connectivity index (χ0) is 14.5. The van der Waals surface area contributed by atoms with Crippen LogP contribution in [0.5, 0.6) is 0 Å². The summed E-state index contributed by atoms with van der Waals surface area (Å²) < 4.78 is 13.3. The summed E-state index contributed by atoms with van der Waals surface area (Å²) in [6, 6.07) is 15.3. The molecule has 0 radical (unpaired) electrons. The van der Waals surface area contributed by atoms with E-state index >= 15 is 0 Å². The zero-order valence-electron chi connectivity index (χ0n) is 11.1. The molecule has 0 saturated heterocycles. The van der Waals surface area contributed by atoms with E-state index in [1.54, 1.807) is 13.0 Å². The molecule has 0 fully saturated rings. The van der Waals surface area contributed by atoms with Crippen LogP contribution in [-0.2, 0) is 0 Å². The number of nitriles is 1. The average Bonchev–Trinajstić information content (AvgIpc) is 2.47. The van der Waals surface area contributed by atoms with Gasteiger partial charge in [-0.05, 0) is 30.2 Å². The normalized spacial score (nSPS) is 11.7. The third kappa shape index (κ3) is 2.92. The Balaban J connectivity index is 2.42. The smallest absolute Gasteiger partial charge is 0.171 e. The van der Waals surface area contributed by atoms with Crippen LogP contribution in [0.15, 0.2) is 48.5 Å². The second-order valence-corrected chi connectivity index (χ2v) is 4.65. The lowest BCUT2D eigenvalue weighted by molar-refractivity contribution is 0.0959.